The molecule has 1 aromatic heterocycles. The first-order chi connectivity index (χ1) is 36.7. The first kappa shape index (κ1) is 43.1. The molecule has 13 aromatic carbocycles. The lowest BCUT2D eigenvalue weighted by Crippen LogP contribution is -2.10. The van der Waals surface area contributed by atoms with Crippen LogP contribution in [0.15, 0.2) is 290 Å². The first-order valence-corrected chi connectivity index (χ1v) is 25.4. The number of benzene rings is 13. The van der Waals surface area contributed by atoms with Crippen LogP contribution in [-0.2, 0) is 0 Å². The minimum Gasteiger partial charge on any atom is -0.455 e. The Hall–Kier alpha value is -9.76. The van der Waals surface area contributed by atoms with Crippen molar-refractivity contribution < 1.29 is 4.42 Å². The third-order valence-corrected chi connectivity index (χ3v) is 14.9. The van der Waals surface area contributed by atoms with Crippen LogP contribution in [-0.4, -0.2) is 0 Å². The molecule has 14 rings (SSSR count). The number of anilines is 3. The van der Waals surface area contributed by atoms with Crippen LogP contribution in [0.25, 0.3) is 121 Å². The van der Waals surface area contributed by atoms with Gasteiger partial charge in [0.25, 0.3) is 0 Å². The Bertz CT molecular complexity index is 4420. The Labute approximate surface area is 430 Å². The van der Waals surface area contributed by atoms with Crippen LogP contribution in [0.2, 0.25) is 0 Å². The molecule has 14 aromatic rings. The van der Waals surface area contributed by atoms with Crippen LogP contribution in [0.4, 0.5) is 17.1 Å². The van der Waals surface area contributed by atoms with E-state index in [1.165, 1.54) is 76.8 Å². The van der Waals surface area contributed by atoms with Crippen LogP contribution in [0, 0.1) is 0 Å². The maximum Gasteiger partial charge on any atom is 0.145 e. The summed E-state index contributed by atoms with van der Waals surface area (Å²) in [7, 11) is 0. The van der Waals surface area contributed by atoms with Crippen LogP contribution < -0.4 is 4.90 Å². The van der Waals surface area contributed by atoms with Gasteiger partial charge >= 0.3 is 0 Å². The Morgan fingerprint density at radius 1 is 0.243 bits per heavy atom. The topological polar surface area (TPSA) is 16.4 Å². The quantitative estimate of drug-likeness (QED) is 0.143. The number of hydrogen-bond acceptors (Lipinski definition) is 2. The van der Waals surface area contributed by atoms with Crippen molar-refractivity contribution in [3.05, 3.63) is 285 Å². The van der Waals surface area contributed by atoms with Gasteiger partial charge in [-0.1, -0.05) is 231 Å². The molecule has 74 heavy (non-hydrogen) atoms. The Balaban J connectivity index is 0.910. The van der Waals surface area contributed by atoms with Gasteiger partial charge in [0.1, 0.15) is 11.2 Å². The van der Waals surface area contributed by atoms with Gasteiger partial charge in [-0.05, 0) is 148 Å². The summed E-state index contributed by atoms with van der Waals surface area (Å²) in [5.41, 5.74) is 18.9. The highest BCUT2D eigenvalue weighted by Gasteiger charge is 2.24. The summed E-state index contributed by atoms with van der Waals surface area (Å²) < 4.78 is 6.97. The molecule has 0 saturated carbocycles. The zero-order valence-corrected chi connectivity index (χ0v) is 40.5. The van der Waals surface area contributed by atoms with Gasteiger partial charge in [0, 0.05) is 22.3 Å². The molecule has 346 valence electrons. The van der Waals surface area contributed by atoms with Crippen molar-refractivity contribution in [3.63, 3.8) is 0 Å². The maximum absolute atomic E-state index is 6.97. The Morgan fingerprint density at radius 3 is 1.36 bits per heavy atom. The monoisotopic (exact) mass is 941 g/mol. The number of nitrogens with zero attached hydrogens (tertiary/aromatic N) is 1. The summed E-state index contributed by atoms with van der Waals surface area (Å²) in [5, 5.41) is 9.49. The van der Waals surface area contributed by atoms with Gasteiger partial charge in [-0.3, -0.25) is 0 Å². The van der Waals surface area contributed by atoms with Crippen molar-refractivity contribution in [1.82, 2.24) is 0 Å². The van der Waals surface area contributed by atoms with Crippen molar-refractivity contribution in [2.24, 2.45) is 0 Å². The van der Waals surface area contributed by atoms with Gasteiger partial charge in [-0.25, -0.2) is 0 Å². The lowest BCUT2D eigenvalue weighted by atomic mass is 9.88. The normalized spacial score (nSPS) is 11.5. The van der Waals surface area contributed by atoms with E-state index in [4.69, 9.17) is 4.42 Å². The second kappa shape index (κ2) is 18.1. The molecule has 0 fully saturated rings. The second-order valence-electron chi connectivity index (χ2n) is 19.2. The smallest absolute Gasteiger partial charge is 0.145 e. The van der Waals surface area contributed by atoms with E-state index in [0.717, 1.165) is 61.3 Å². The van der Waals surface area contributed by atoms with E-state index in [1.54, 1.807) is 0 Å². The summed E-state index contributed by atoms with van der Waals surface area (Å²) in [5.74, 6) is 0. The highest BCUT2D eigenvalue weighted by molar-refractivity contribution is 6.18. The highest BCUT2D eigenvalue weighted by Crippen LogP contribution is 2.48. The van der Waals surface area contributed by atoms with E-state index in [-0.39, 0.29) is 0 Å². The summed E-state index contributed by atoms with van der Waals surface area (Å²) in [4.78, 5) is 2.40. The zero-order valence-electron chi connectivity index (χ0n) is 40.5. The van der Waals surface area contributed by atoms with Crippen molar-refractivity contribution >= 4 is 71.3 Å². The first-order valence-electron chi connectivity index (χ1n) is 25.4. The van der Waals surface area contributed by atoms with E-state index in [0.29, 0.717) is 0 Å². The Morgan fingerprint density at radius 2 is 0.689 bits per heavy atom. The average Bonchev–Trinajstić information content (AvgIpc) is 3.88. The summed E-state index contributed by atoms with van der Waals surface area (Å²) in [6.07, 6.45) is 0. The largest absolute Gasteiger partial charge is 0.455 e. The molecule has 1 heterocycles. The van der Waals surface area contributed by atoms with Crippen molar-refractivity contribution in [2.45, 2.75) is 0 Å². The molecule has 2 heteroatoms. The maximum atomic E-state index is 6.97. The van der Waals surface area contributed by atoms with Gasteiger partial charge in [0.05, 0.1) is 11.1 Å². The van der Waals surface area contributed by atoms with Crippen LogP contribution in [0.1, 0.15) is 0 Å². The molecular formula is C72H47NO. The molecule has 0 aliphatic heterocycles. The second-order valence-corrected chi connectivity index (χ2v) is 19.2. The zero-order chi connectivity index (χ0) is 49.0. The van der Waals surface area contributed by atoms with E-state index in [2.05, 4.69) is 290 Å². The molecular weight excluding hydrogens is 895 g/mol. The number of fused-ring (bicyclic) bond motifs is 6. The van der Waals surface area contributed by atoms with Gasteiger partial charge in [-0.2, -0.15) is 0 Å². The van der Waals surface area contributed by atoms with Crippen molar-refractivity contribution in [1.29, 1.82) is 0 Å². The number of rotatable bonds is 9. The standard InChI is InChI=1S/C72H47NO/c1-2-19-53-47-56(35-34-48(53)16-1)55-23-13-22-54(46-55)49-36-40-57(41-37-49)73(69-45-44-67(64-32-15-21-51-18-4-6-25-60(51)64)72-71(69)68-30-11-12-33-70(68)74-72)58-42-38-52(39-43-58)61-26-7-8-27-62(61)65-28-9-10-29-66(65)63-31-14-20-50-17-3-5-24-59(50)63/h1-47H. The third-order valence-electron chi connectivity index (χ3n) is 14.9. The van der Waals surface area contributed by atoms with Gasteiger partial charge in [0.2, 0.25) is 0 Å². The van der Waals surface area contributed by atoms with Gasteiger partial charge in [0.15, 0.2) is 0 Å². The SMILES string of the molecule is c1cc(-c2ccc(N(c3ccc(-c4ccccc4-c4ccccc4-c4cccc5ccccc45)cc3)c3ccc(-c4cccc5ccccc45)c4oc5ccccc5c34)cc2)cc(-c2ccc3ccccc3c2)c1. The fourth-order valence-electron chi connectivity index (χ4n) is 11.3. The third kappa shape index (κ3) is 7.52. The molecule has 0 aliphatic rings. The number of para-hydroxylation sites is 1. The molecule has 0 atom stereocenters. The lowest BCUT2D eigenvalue weighted by molar-refractivity contribution is 0.670. The van der Waals surface area contributed by atoms with Crippen molar-refractivity contribution in [3.8, 4) is 66.8 Å². The molecule has 0 unspecified atom stereocenters. The van der Waals surface area contributed by atoms with Crippen LogP contribution in [0.5, 0.6) is 0 Å². The molecule has 0 saturated heterocycles. The highest BCUT2D eigenvalue weighted by atomic mass is 16.3. The van der Waals surface area contributed by atoms with E-state index >= 15 is 0 Å². The molecule has 2 nitrogen and oxygen atoms in total. The number of furan rings is 1. The fourth-order valence-corrected chi connectivity index (χ4v) is 11.3. The molecule has 0 aliphatic carbocycles. The van der Waals surface area contributed by atoms with Crippen molar-refractivity contribution in [2.75, 3.05) is 4.90 Å². The van der Waals surface area contributed by atoms with Crippen LogP contribution in [0.3, 0.4) is 0 Å². The van der Waals surface area contributed by atoms with Gasteiger partial charge < -0.3 is 9.32 Å². The molecule has 0 amide bonds. The summed E-state index contributed by atoms with van der Waals surface area (Å²) in [6.45, 7) is 0. The molecule has 0 radical (unpaired) electrons. The van der Waals surface area contributed by atoms with Crippen LogP contribution >= 0.6 is 0 Å². The Kier molecular flexibility index (Phi) is 10.6. The molecule has 0 N–H and O–H groups in total. The van der Waals surface area contributed by atoms with E-state index in [1.807, 2.05) is 0 Å². The minimum atomic E-state index is 0.855. The predicted molar refractivity (Wildman–Crippen MR) is 314 cm³/mol. The summed E-state index contributed by atoms with van der Waals surface area (Å²) >= 11 is 0. The lowest BCUT2D eigenvalue weighted by Gasteiger charge is -2.27. The molecule has 0 spiro atoms. The number of hydrogen-bond donors (Lipinski definition) is 0. The predicted octanol–water partition coefficient (Wildman–Crippen LogP) is 20.5. The summed E-state index contributed by atoms with van der Waals surface area (Å²) in [6, 6.07) is 103. The molecule has 0 bridgehead atoms. The fraction of sp³-hybridized carbons (Fsp3) is 0. The van der Waals surface area contributed by atoms with Gasteiger partial charge in [-0.15, -0.1) is 0 Å². The average molecular weight is 942 g/mol. The minimum absolute atomic E-state index is 0.855. The van der Waals surface area contributed by atoms with E-state index < -0.39 is 0 Å². The van der Waals surface area contributed by atoms with E-state index in [9.17, 15) is 0 Å².